The van der Waals surface area contributed by atoms with Crippen LogP contribution in [0.2, 0.25) is 0 Å². The molecule has 1 aromatic rings. The number of hydrogen-bond donors (Lipinski definition) is 2. The number of nitrogen functional groups attached to an aromatic ring is 1. The third-order valence-electron chi connectivity index (χ3n) is 3.37. The van der Waals surface area contributed by atoms with Gasteiger partial charge in [-0.05, 0) is 5.92 Å². The van der Waals surface area contributed by atoms with E-state index in [2.05, 4.69) is 17.2 Å². The molecule has 0 aliphatic carbocycles. The topological polar surface area (TPSA) is 106 Å². The molecule has 0 bridgehead atoms. The van der Waals surface area contributed by atoms with Gasteiger partial charge in [-0.1, -0.05) is 18.6 Å². The molecule has 1 aromatic heterocycles. The summed E-state index contributed by atoms with van der Waals surface area (Å²) in [5.74, 6) is 5.18. The molecule has 1 saturated heterocycles. The Morgan fingerprint density at radius 3 is 3.00 bits per heavy atom. The number of hydrazine groups is 1. The monoisotopic (exact) mass is 266 g/mol. The van der Waals surface area contributed by atoms with E-state index in [-0.39, 0.29) is 11.6 Å². The maximum atomic E-state index is 11.7. The number of rotatable bonds is 5. The van der Waals surface area contributed by atoms with Gasteiger partial charge >= 0.3 is 0 Å². The van der Waals surface area contributed by atoms with E-state index < -0.39 is 5.91 Å². The van der Waals surface area contributed by atoms with Gasteiger partial charge in [-0.15, -0.1) is 5.10 Å². The first kappa shape index (κ1) is 13.5. The zero-order valence-corrected chi connectivity index (χ0v) is 10.9. The van der Waals surface area contributed by atoms with Crippen LogP contribution in [0.25, 0.3) is 0 Å². The van der Waals surface area contributed by atoms with Crippen LogP contribution in [-0.2, 0) is 11.3 Å². The average molecular weight is 266 g/mol. The Bertz CT molecular complexity index is 472. The molecule has 19 heavy (non-hydrogen) atoms. The van der Waals surface area contributed by atoms with Crippen molar-refractivity contribution in [1.29, 1.82) is 0 Å². The third-order valence-corrected chi connectivity index (χ3v) is 3.37. The van der Waals surface area contributed by atoms with Gasteiger partial charge in [-0.25, -0.2) is 10.5 Å². The number of carbonyl (C=O) groups excluding carboxylic acids is 2. The molecule has 3 N–H and O–H groups in total. The number of carbonyl (C=O) groups is 2. The van der Waals surface area contributed by atoms with Crippen molar-refractivity contribution in [3.8, 4) is 0 Å². The average Bonchev–Trinajstić information content (AvgIpc) is 3.02. The lowest BCUT2D eigenvalue weighted by Crippen LogP contribution is -2.30. The second-order valence-electron chi connectivity index (χ2n) is 4.66. The highest BCUT2D eigenvalue weighted by atomic mass is 16.2. The summed E-state index contributed by atoms with van der Waals surface area (Å²) in [5, 5.41) is 7.52. The van der Waals surface area contributed by atoms with Gasteiger partial charge in [-0.2, -0.15) is 0 Å². The second kappa shape index (κ2) is 5.79. The van der Waals surface area contributed by atoms with Crippen LogP contribution in [0.15, 0.2) is 6.20 Å². The van der Waals surface area contributed by atoms with Crippen molar-refractivity contribution >= 4 is 11.8 Å². The maximum absolute atomic E-state index is 11.7. The molecule has 104 valence electrons. The summed E-state index contributed by atoms with van der Waals surface area (Å²) in [6.07, 6.45) is 3.17. The normalized spacial score (nSPS) is 18.9. The number of likely N-dealkylation sites (tertiary alicyclic amines) is 1. The van der Waals surface area contributed by atoms with Crippen LogP contribution in [0.4, 0.5) is 0 Å². The Balaban J connectivity index is 1.87. The molecule has 0 radical (unpaired) electrons. The lowest BCUT2D eigenvalue weighted by Gasteiger charge is -2.15. The maximum Gasteiger partial charge on any atom is 0.287 e. The molecule has 8 nitrogen and oxygen atoms in total. The molecule has 1 atom stereocenters. The molecule has 2 rings (SSSR count). The Labute approximate surface area is 110 Å². The summed E-state index contributed by atoms with van der Waals surface area (Å²) in [5.41, 5.74) is 2.16. The van der Waals surface area contributed by atoms with Gasteiger partial charge < -0.3 is 4.90 Å². The van der Waals surface area contributed by atoms with E-state index in [1.807, 2.05) is 10.3 Å². The predicted octanol–water partition coefficient (Wildman–Crippen LogP) is -0.860. The number of nitrogens with zero attached hydrogens (tertiary/aromatic N) is 4. The first-order chi connectivity index (χ1) is 9.13. The van der Waals surface area contributed by atoms with E-state index >= 15 is 0 Å². The minimum absolute atomic E-state index is 0.168. The van der Waals surface area contributed by atoms with Gasteiger partial charge in [-0.3, -0.25) is 15.0 Å². The SMILES string of the molecule is CCC1CC(=O)N(CCn2cc(C(=O)NN)nn2)C1. The first-order valence-electron chi connectivity index (χ1n) is 6.33. The van der Waals surface area contributed by atoms with E-state index in [1.54, 1.807) is 0 Å². The van der Waals surface area contributed by atoms with Crippen LogP contribution in [-0.4, -0.2) is 44.8 Å². The molecule has 0 aromatic carbocycles. The van der Waals surface area contributed by atoms with Crippen LogP contribution in [0.5, 0.6) is 0 Å². The van der Waals surface area contributed by atoms with Crippen molar-refractivity contribution in [2.45, 2.75) is 26.3 Å². The Morgan fingerprint density at radius 2 is 2.37 bits per heavy atom. The Hall–Kier alpha value is -1.96. The molecular formula is C11H18N6O2. The summed E-state index contributed by atoms with van der Waals surface area (Å²) in [7, 11) is 0. The summed E-state index contributed by atoms with van der Waals surface area (Å²) in [4.78, 5) is 24.8. The summed E-state index contributed by atoms with van der Waals surface area (Å²) in [6, 6.07) is 0. The van der Waals surface area contributed by atoms with Crippen molar-refractivity contribution in [2.75, 3.05) is 13.1 Å². The van der Waals surface area contributed by atoms with Crippen molar-refractivity contribution in [2.24, 2.45) is 11.8 Å². The zero-order valence-electron chi connectivity index (χ0n) is 10.9. The molecule has 1 aliphatic heterocycles. The molecule has 2 heterocycles. The third kappa shape index (κ3) is 3.08. The van der Waals surface area contributed by atoms with E-state index in [0.717, 1.165) is 13.0 Å². The fraction of sp³-hybridized carbons (Fsp3) is 0.636. The number of hydrogen-bond acceptors (Lipinski definition) is 5. The van der Waals surface area contributed by atoms with E-state index in [0.29, 0.717) is 25.4 Å². The minimum Gasteiger partial charge on any atom is -0.341 e. The molecule has 1 unspecified atom stereocenters. The highest BCUT2D eigenvalue weighted by molar-refractivity contribution is 5.91. The van der Waals surface area contributed by atoms with Gasteiger partial charge in [0.1, 0.15) is 0 Å². The molecule has 0 saturated carbocycles. The van der Waals surface area contributed by atoms with Gasteiger partial charge in [0.15, 0.2) is 5.69 Å². The minimum atomic E-state index is -0.477. The van der Waals surface area contributed by atoms with Crippen LogP contribution in [0.3, 0.4) is 0 Å². The zero-order chi connectivity index (χ0) is 13.8. The number of nitrogens with one attached hydrogen (secondary N) is 1. The van der Waals surface area contributed by atoms with Gasteiger partial charge in [0, 0.05) is 19.5 Å². The fourth-order valence-corrected chi connectivity index (χ4v) is 2.15. The standard InChI is InChI=1S/C11H18N6O2/c1-2-8-5-10(18)16(6-8)3-4-17-7-9(14-15-17)11(19)13-12/h7-8H,2-6,12H2,1H3,(H,13,19). The largest absolute Gasteiger partial charge is 0.341 e. The lowest BCUT2D eigenvalue weighted by molar-refractivity contribution is -0.127. The van der Waals surface area contributed by atoms with Gasteiger partial charge in [0.2, 0.25) is 5.91 Å². The molecule has 8 heteroatoms. The summed E-state index contributed by atoms with van der Waals surface area (Å²) < 4.78 is 1.54. The van der Waals surface area contributed by atoms with E-state index in [1.165, 1.54) is 10.9 Å². The molecule has 1 fully saturated rings. The lowest BCUT2D eigenvalue weighted by atomic mass is 10.1. The summed E-state index contributed by atoms with van der Waals surface area (Å²) in [6.45, 7) is 4.01. The number of amides is 2. The highest BCUT2D eigenvalue weighted by Crippen LogP contribution is 2.20. The highest BCUT2D eigenvalue weighted by Gasteiger charge is 2.27. The van der Waals surface area contributed by atoms with Crippen LogP contribution in [0.1, 0.15) is 30.3 Å². The molecular weight excluding hydrogens is 248 g/mol. The smallest absolute Gasteiger partial charge is 0.287 e. The molecule has 2 amide bonds. The number of aromatic nitrogens is 3. The van der Waals surface area contributed by atoms with Crippen LogP contribution >= 0.6 is 0 Å². The van der Waals surface area contributed by atoms with Crippen molar-refractivity contribution in [1.82, 2.24) is 25.3 Å². The first-order valence-corrected chi connectivity index (χ1v) is 6.33. The Morgan fingerprint density at radius 1 is 1.58 bits per heavy atom. The quantitative estimate of drug-likeness (QED) is 0.410. The predicted molar refractivity (Wildman–Crippen MR) is 66.7 cm³/mol. The van der Waals surface area contributed by atoms with Crippen molar-refractivity contribution in [3.63, 3.8) is 0 Å². The van der Waals surface area contributed by atoms with Gasteiger partial charge in [0.05, 0.1) is 12.7 Å². The van der Waals surface area contributed by atoms with Gasteiger partial charge in [0.25, 0.3) is 5.91 Å². The van der Waals surface area contributed by atoms with E-state index in [4.69, 9.17) is 5.84 Å². The van der Waals surface area contributed by atoms with E-state index in [9.17, 15) is 9.59 Å². The Kier molecular flexibility index (Phi) is 4.10. The van der Waals surface area contributed by atoms with Crippen LogP contribution in [0, 0.1) is 5.92 Å². The molecule has 0 spiro atoms. The number of nitrogens with two attached hydrogens (primary N) is 1. The second-order valence-corrected chi connectivity index (χ2v) is 4.66. The summed E-state index contributed by atoms with van der Waals surface area (Å²) >= 11 is 0. The fourth-order valence-electron chi connectivity index (χ4n) is 2.15. The molecule has 1 aliphatic rings. The van der Waals surface area contributed by atoms with Crippen molar-refractivity contribution in [3.05, 3.63) is 11.9 Å². The van der Waals surface area contributed by atoms with Crippen LogP contribution < -0.4 is 11.3 Å². The van der Waals surface area contributed by atoms with Crippen molar-refractivity contribution < 1.29 is 9.59 Å².